The average Bonchev–Trinajstić information content (AvgIpc) is 2.78. The van der Waals surface area contributed by atoms with Crippen LogP contribution in [0.2, 0.25) is 5.02 Å². The summed E-state index contributed by atoms with van der Waals surface area (Å²) in [6.07, 6.45) is 1.54. The monoisotopic (exact) mass is 297 g/mol. The number of halogens is 1. The molecular formula is C12H12ClN3O2S. The number of nitrogens with one attached hydrogen (secondary N) is 1. The Morgan fingerprint density at radius 1 is 1.53 bits per heavy atom. The van der Waals surface area contributed by atoms with Crippen LogP contribution < -0.4 is 10.2 Å². The van der Waals surface area contributed by atoms with E-state index in [9.17, 15) is 5.11 Å². The first-order valence-corrected chi connectivity index (χ1v) is 6.63. The van der Waals surface area contributed by atoms with E-state index in [1.165, 1.54) is 24.5 Å². The zero-order valence-electron chi connectivity index (χ0n) is 10.3. The van der Waals surface area contributed by atoms with Gasteiger partial charge in [0.05, 0.1) is 24.0 Å². The lowest BCUT2D eigenvalue weighted by Crippen LogP contribution is -1.92. The Hall–Kier alpha value is -1.79. The second-order valence-corrected chi connectivity index (χ2v) is 4.97. The summed E-state index contributed by atoms with van der Waals surface area (Å²) >= 11 is 7.46. The number of methoxy groups -OCH3 is 1. The van der Waals surface area contributed by atoms with Gasteiger partial charge in [-0.2, -0.15) is 5.10 Å². The lowest BCUT2D eigenvalue weighted by molar-refractivity contribution is 0.373. The molecule has 0 bridgehead atoms. The van der Waals surface area contributed by atoms with Crippen LogP contribution in [0, 0.1) is 6.92 Å². The zero-order valence-corrected chi connectivity index (χ0v) is 11.9. The number of nitrogens with zero attached hydrogens (tertiary/aromatic N) is 2. The number of benzene rings is 1. The van der Waals surface area contributed by atoms with E-state index in [2.05, 4.69) is 15.5 Å². The summed E-state index contributed by atoms with van der Waals surface area (Å²) < 4.78 is 5.01. The van der Waals surface area contributed by atoms with Crippen molar-refractivity contribution in [1.29, 1.82) is 0 Å². The summed E-state index contributed by atoms with van der Waals surface area (Å²) in [6, 6.07) is 3.02. The van der Waals surface area contributed by atoms with Crippen molar-refractivity contribution >= 4 is 34.3 Å². The van der Waals surface area contributed by atoms with Crippen LogP contribution >= 0.6 is 22.9 Å². The molecule has 2 N–H and O–H groups in total. The van der Waals surface area contributed by atoms with Gasteiger partial charge in [-0.05, 0) is 13.0 Å². The molecule has 5 nitrogen and oxygen atoms in total. The minimum absolute atomic E-state index is 0.00634. The van der Waals surface area contributed by atoms with Gasteiger partial charge >= 0.3 is 0 Å². The molecule has 0 amide bonds. The number of hydrogen-bond donors (Lipinski definition) is 2. The third kappa shape index (κ3) is 3.36. The minimum atomic E-state index is -0.00634. The first-order chi connectivity index (χ1) is 9.10. The molecule has 2 aromatic rings. The SMILES string of the molecule is COc1cc(C=NNc2nc(C)cs2)c(Cl)cc1O. The lowest BCUT2D eigenvalue weighted by atomic mass is 10.2. The van der Waals surface area contributed by atoms with Crippen LogP contribution in [0.15, 0.2) is 22.6 Å². The highest BCUT2D eigenvalue weighted by atomic mass is 35.5. The maximum absolute atomic E-state index is 9.54. The van der Waals surface area contributed by atoms with Gasteiger partial charge in [0.1, 0.15) is 0 Å². The number of phenols is 1. The minimum Gasteiger partial charge on any atom is -0.504 e. The predicted molar refractivity (Wildman–Crippen MR) is 77.7 cm³/mol. The molecule has 1 heterocycles. The Bertz CT molecular complexity index is 613. The van der Waals surface area contributed by atoms with E-state index in [0.717, 1.165) is 5.69 Å². The highest BCUT2D eigenvalue weighted by Crippen LogP contribution is 2.31. The summed E-state index contributed by atoms with van der Waals surface area (Å²) in [6.45, 7) is 1.91. The van der Waals surface area contributed by atoms with Crippen LogP contribution in [0.4, 0.5) is 5.13 Å². The van der Waals surface area contributed by atoms with Gasteiger partial charge in [-0.15, -0.1) is 11.3 Å². The van der Waals surface area contributed by atoms with Crippen LogP contribution in [0.3, 0.4) is 0 Å². The number of phenolic OH excluding ortho intramolecular Hbond substituents is 1. The van der Waals surface area contributed by atoms with Gasteiger partial charge in [-0.3, -0.25) is 5.43 Å². The van der Waals surface area contributed by atoms with Crippen molar-refractivity contribution < 1.29 is 9.84 Å². The number of rotatable bonds is 4. The molecule has 2 rings (SSSR count). The van der Waals surface area contributed by atoms with Crippen LogP contribution in [-0.2, 0) is 0 Å². The summed E-state index contributed by atoms with van der Waals surface area (Å²) in [7, 11) is 1.47. The van der Waals surface area contributed by atoms with Gasteiger partial charge in [0.15, 0.2) is 11.5 Å². The molecule has 0 saturated heterocycles. The van der Waals surface area contributed by atoms with E-state index in [1.54, 1.807) is 12.3 Å². The fourth-order valence-corrected chi connectivity index (χ4v) is 2.23. The van der Waals surface area contributed by atoms with E-state index >= 15 is 0 Å². The molecule has 0 fully saturated rings. The molecule has 0 saturated carbocycles. The second kappa shape index (κ2) is 5.90. The number of thiazole rings is 1. The molecule has 0 aliphatic heterocycles. The number of anilines is 1. The molecule has 0 radical (unpaired) electrons. The Kier molecular flexibility index (Phi) is 4.24. The Balaban J connectivity index is 2.14. The molecule has 1 aromatic carbocycles. The van der Waals surface area contributed by atoms with Gasteiger partial charge in [0, 0.05) is 17.0 Å². The third-order valence-electron chi connectivity index (χ3n) is 2.28. The lowest BCUT2D eigenvalue weighted by Gasteiger charge is -2.05. The van der Waals surface area contributed by atoms with Crippen molar-refractivity contribution in [3.05, 3.63) is 33.8 Å². The summed E-state index contributed by atoms with van der Waals surface area (Å²) in [5, 5.41) is 16.6. The number of aryl methyl sites for hydroxylation is 1. The number of aromatic hydroxyl groups is 1. The summed E-state index contributed by atoms with van der Waals surface area (Å²) in [5.41, 5.74) is 4.38. The Labute approximate surface area is 119 Å². The molecular weight excluding hydrogens is 286 g/mol. The van der Waals surface area contributed by atoms with E-state index in [-0.39, 0.29) is 5.75 Å². The van der Waals surface area contributed by atoms with Crippen molar-refractivity contribution in [3.63, 3.8) is 0 Å². The van der Waals surface area contributed by atoms with E-state index < -0.39 is 0 Å². The van der Waals surface area contributed by atoms with Gasteiger partial charge in [0.25, 0.3) is 0 Å². The van der Waals surface area contributed by atoms with Crippen LogP contribution in [0.1, 0.15) is 11.3 Å². The standard InChI is InChI=1S/C12H12ClN3O2S/c1-7-6-19-12(15-7)16-14-5-8-3-11(18-2)10(17)4-9(8)13/h3-6,17H,1-2H3,(H,15,16). The van der Waals surface area contributed by atoms with Gasteiger partial charge in [-0.1, -0.05) is 11.6 Å². The third-order valence-corrected chi connectivity index (χ3v) is 3.47. The number of hydrazone groups is 1. The highest BCUT2D eigenvalue weighted by Gasteiger charge is 2.06. The van der Waals surface area contributed by atoms with Gasteiger partial charge in [0.2, 0.25) is 5.13 Å². The zero-order chi connectivity index (χ0) is 13.8. The summed E-state index contributed by atoms with van der Waals surface area (Å²) in [4.78, 5) is 4.21. The molecule has 19 heavy (non-hydrogen) atoms. The maximum atomic E-state index is 9.54. The quantitative estimate of drug-likeness (QED) is 0.671. The van der Waals surface area contributed by atoms with Gasteiger partial charge < -0.3 is 9.84 Å². The van der Waals surface area contributed by atoms with Crippen LogP contribution in [0.25, 0.3) is 0 Å². The van der Waals surface area contributed by atoms with Crippen molar-refractivity contribution in [2.75, 3.05) is 12.5 Å². The number of ether oxygens (including phenoxy) is 1. The fourth-order valence-electron chi connectivity index (χ4n) is 1.38. The van der Waals surface area contributed by atoms with Crippen molar-refractivity contribution in [2.45, 2.75) is 6.92 Å². The normalized spacial score (nSPS) is 10.9. The molecule has 0 atom stereocenters. The molecule has 0 spiro atoms. The van der Waals surface area contributed by atoms with Crippen molar-refractivity contribution in [3.8, 4) is 11.5 Å². The maximum Gasteiger partial charge on any atom is 0.203 e. The second-order valence-electron chi connectivity index (χ2n) is 3.71. The topological polar surface area (TPSA) is 66.7 Å². The predicted octanol–water partition coefficient (Wildman–Crippen LogP) is 3.27. The number of hydrogen-bond acceptors (Lipinski definition) is 6. The van der Waals surface area contributed by atoms with Gasteiger partial charge in [-0.25, -0.2) is 4.98 Å². The smallest absolute Gasteiger partial charge is 0.203 e. The molecule has 0 aliphatic rings. The molecule has 0 unspecified atom stereocenters. The average molecular weight is 298 g/mol. The molecule has 100 valence electrons. The highest BCUT2D eigenvalue weighted by molar-refractivity contribution is 7.13. The Morgan fingerprint density at radius 2 is 2.32 bits per heavy atom. The first kappa shape index (κ1) is 13.6. The van der Waals surface area contributed by atoms with Crippen LogP contribution in [-0.4, -0.2) is 23.4 Å². The van der Waals surface area contributed by atoms with Crippen molar-refractivity contribution in [1.82, 2.24) is 4.98 Å². The van der Waals surface area contributed by atoms with E-state index in [4.69, 9.17) is 16.3 Å². The molecule has 7 heteroatoms. The fraction of sp³-hybridized carbons (Fsp3) is 0.167. The van der Waals surface area contributed by atoms with Crippen molar-refractivity contribution in [2.24, 2.45) is 5.10 Å². The van der Waals surface area contributed by atoms with E-state index in [0.29, 0.717) is 21.5 Å². The largest absolute Gasteiger partial charge is 0.504 e. The molecule has 1 aromatic heterocycles. The van der Waals surface area contributed by atoms with E-state index in [1.807, 2.05) is 12.3 Å². The van der Waals surface area contributed by atoms with Crippen LogP contribution in [0.5, 0.6) is 11.5 Å². The first-order valence-electron chi connectivity index (χ1n) is 5.38. The molecule has 0 aliphatic carbocycles. The number of aromatic nitrogens is 1. The summed E-state index contributed by atoms with van der Waals surface area (Å²) in [5.74, 6) is 0.337. The Morgan fingerprint density at radius 3 is 2.95 bits per heavy atom.